The minimum atomic E-state index is -0.555. The second-order valence-electron chi connectivity index (χ2n) is 10.5. The Labute approximate surface area is 218 Å². The van der Waals surface area contributed by atoms with E-state index in [1.807, 2.05) is 12.1 Å². The summed E-state index contributed by atoms with van der Waals surface area (Å²) in [5, 5.41) is 41.9. The first-order valence-electron chi connectivity index (χ1n) is 13.1. The van der Waals surface area contributed by atoms with Crippen molar-refractivity contribution in [2.45, 2.75) is 77.1 Å². The third kappa shape index (κ3) is 6.59. The van der Waals surface area contributed by atoms with Crippen LogP contribution in [0.2, 0.25) is 0 Å². The van der Waals surface area contributed by atoms with Crippen molar-refractivity contribution in [2.24, 2.45) is 5.92 Å². The second-order valence-corrected chi connectivity index (χ2v) is 10.5. The van der Waals surface area contributed by atoms with Gasteiger partial charge in [0.2, 0.25) is 5.75 Å². The monoisotopic (exact) mass is 508 g/mol. The molecule has 0 aliphatic carbocycles. The van der Waals surface area contributed by atoms with Crippen molar-refractivity contribution in [1.82, 2.24) is 4.98 Å². The minimum Gasteiger partial charge on any atom is -0.670 e. The molecule has 3 atom stereocenters. The van der Waals surface area contributed by atoms with Crippen LogP contribution in [0.5, 0.6) is 23.0 Å². The molecule has 1 fully saturated rings. The number of rotatable bonds is 10. The fourth-order valence-electron chi connectivity index (χ4n) is 5.15. The van der Waals surface area contributed by atoms with Gasteiger partial charge in [-0.3, -0.25) is 0 Å². The molecule has 2 heterocycles. The fourth-order valence-corrected chi connectivity index (χ4v) is 5.15. The molecule has 0 bridgehead atoms. The predicted octanol–water partition coefficient (Wildman–Crippen LogP) is 5.16. The lowest BCUT2D eigenvalue weighted by atomic mass is 9.89. The second kappa shape index (κ2) is 11.9. The van der Waals surface area contributed by atoms with Crippen molar-refractivity contribution in [1.29, 1.82) is 0 Å². The summed E-state index contributed by atoms with van der Waals surface area (Å²) >= 11 is 0. The molecular weight excluding hydrogens is 470 g/mol. The lowest BCUT2D eigenvalue weighted by molar-refractivity contribution is -0.100. The Hall–Kier alpha value is -3.16. The first-order chi connectivity index (χ1) is 17.7. The van der Waals surface area contributed by atoms with Crippen molar-refractivity contribution in [3.05, 3.63) is 70.5 Å². The molecule has 200 valence electrons. The number of hydrogen-bond donors (Lipinski definition) is 4. The van der Waals surface area contributed by atoms with Crippen LogP contribution < -0.4 is 9.72 Å². The predicted molar refractivity (Wildman–Crippen MR) is 141 cm³/mol. The van der Waals surface area contributed by atoms with E-state index in [1.165, 1.54) is 13.2 Å². The van der Waals surface area contributed by atoms with Crippen LogP contribution in [0.4, 0.5) is 0 Å². The van der Waals surface area contributed by atoms with Gasteiger partial charge in [-0.2, -0.15) is 12.4 Å². The van der Waals surface area contributed by atoms with Crippen molar-refractivity contribution in [3.8, 4) is 23.0 Å². The summed E-state index contributed by atoms with van der Waals surface area (Å²) in [4.78, 5) is 4.13. The summed E-state index contributed by atoms with van der Waals surface area (Å²) in [5.41, 5.74) is 4.44. The molecule has 4 N–H and O–H groups in total. The number of aliphatic hydroxyl groups excluding tert-OH is 1. The third-order valence-corrected chi connectivity index (χ3v) is 7.19. The normalized spacial score (nSPS) is 19.9. The number of ether oxygens (including phenoxy) is 2. The van der Waals surface area contributed by atoms with Crippen molar-refractivity contribution in [3.63, 3.8) is 0 Å². The molecule has 0 amide bonds. The van der Waals surface area contributed by atoms with Gasteiger partial charge in [-0.05, 0) is 73.3 Å². The van der Waals surface area contributed by atoms with Crippen LogP contribution in [0.1, 0.15) is 73.5 Å². The number of hydrogen-bond acceptors (Lipinski definition) is 6. The topological polar surface area (TPSA) is 113 Å². The molecule has 0 saturated carbocycles. The number of phenols is 3. The van der Waals surface area contributed by atoms with Gasteiger partial charge in [0.15, 0.2) is 11.5 Å². The van der Waals surface area contributed by atoms with Gasteiger partial charge in [0, 0.05) is 12.0 Å². The van der Waals surface area contributed by atoms with Crippen LogP contribution in [-0.4, -0.2) is 39.7 Å². The maximum Gasteiger partial charge on any atom is 0.200 e. The number of phenolic OH excluding ortho intramolecular Hbond substituents is 3. The van der Waals surface area contributed by atoms with E-state index in [2.05, 4.69) is 24.9 Å². The molecule has 3 aromatic rings. The van der Waals surface area contributed by atoms with E-state index >= 15 is 0 Å². The van der Waals surface area contributed by atoms with Gasteiger partial charge < -0.3 is 34.9 Å². The van der Waals surface area contributed by atoms with Crippen LogP contribution in [0.25, 0.3) is 0 Å². The van der Waals surface area contributed by atoms with E-state index in [0.29, 0.717) is 48.5 Å². The highest BCUT2D eigenvalue weighted by molar-refractivity contribution is 5.59. The molecule has 1 aliphatic rings. The molecular formula is C30H38NO6-. The zero-order valence-corrected chi connectivity index (χ0v) is 21.9. The van der Waals surface area contributed by atoms with E-state index in [9.17, 15) is 20.4 Å². The molecule has 37 heavy (non-hydrogen) atoms. The van der Waals surface area contributed by atoms with Crippen LogP contribution in [0.3, 0.4) is 0 Å². The van der Waals surface area contributed by atoms with Gasteiger partial charge in [0.05, 0.1) is 25.4 Å². The first-order valence-corrected chi connectivity index (χ1v) is 13.1. The van der Waals surface area contributed by atoms with Gasteiger partial charge >= 0.3 is 0 Å². The van der Waals surface area contributed by atoms with Gasteiger partial charge in [-0.1, -0.05) is 37.6 Å². The quantitative estimate of drug-likeness (QED) is 0.280. The number of aliphatic hydroxyl groups is 1. The van der Waals surface area contributed by atoms with Crippen LogP contribution in [-0.2, 0) is 24.0 Å². The highest BCUT2D eigenvalue weighted by Crippen LogP contribution is 2.46. The molecule has 2 aromatic carbocycles. The van der Waals surface area contributed by atoms with E-state index < -0.39 is 12.2 Å². The largest absolute Gasteiger partial charge is 0.670 e. The number of methoxy groups -OCH3 is 1. The highest BCUT2D eigenvalue weighted by atomic mass is 16.5. The maximum atomic E-state index is 10.7. The van der Waals surface area contributed by atoms with Crippen LogP contribution in [0.15, 0.2) is 42.7 Å². The average molecular weight is 509 g/mol. The van der Waals surface area contributed by atoms with Gasteiger partial charge in [0.25, 0.3) is 0 Å². The fraction of sp³-hybridized carbons (Fsp3) is 0.467. The molecule has 4 rings (SSSR count). The van der Waals surface area contributed by atoms with Crippen LogP contribution >= 0.6 is 0 Å². The summed E-state index contributed by atoms with van der Waals surface area (Å²) in [6.45, 7) is 4.35. The van der Waals surface area contributed by atoms with Crippen molar-refractivity contribution < 1.29 is 29.9 Å². The van der Waals surface area contributed by atoms with Crippen LogP contribution in [0, 0.1) is 5.92 Å². The summed E-state index contributed by atoms with van der Waals surface area (Å²) < 4.78 is 12.0. The number of aromatic nitrogens is 1. The molecule has 7 nitrogen and oxygen atoms in total. The zero-order chi connectivity index (χ0) is 26.5. The number of benzene rings is 2. The highest BCUT2D eigenvalue weighted by Gasteiger charge is 2.33. The molecule has 0 unspecified atom stereocenters. The number of nitrogens with zero attached hydrogens (tertiary/aromatic N) is 1. The van der Waals surface area contributed by atoms with E-state index in [-0.39, 0.29) is 23.4 Å². The molecule has 1 saturated heterocycles. The molecule has 0 spiro atoms. The van der Waals surface area contributed by atoms with E-state index in [1.54, 1.807) is 18.5 Å². The first kappa shape index (κ1) is 26.9. The summed E-state index contributed by atoms with van der Waals surface area (Å²) in [5.74, 6) is 0.510. The van der Waals surface area contributed by atoms with Gasteiger partial charge in [-0.25, -0.2) is 0 Å². The molecule has 1 aliphatic heterocycles. The molecule has 1 aromatic heterocycles. The Bertz CT molecular complexity index is 1170. The Balaban J connectivity index is 1.53. The third-order valence-electron chi connectivity index (χ3n) is 7.19. The Morgan fingerprint density at radius 1 is 1.03 bits per heavy atom. The minimum absolute atomic E-state index is 0.183. The Morgan fingerprint density at radius 2 is 1.84 bits per heavy atom. The number of aryl methyl sites for hydroxylation is 2. The van der Waals surface area contributed by atoms with Gasteiger partial charge in [0.1, 0.15) is 5.75 Å². The van der Waals surface area contributed by atoms with Crippen molar-refractivity contribution in [2.75, 3.05) is 7.11 Å². The SMILES string of the molecule is COc1c(O)c(O)cc([C@@H]2C[C@H](O)C[C@H](CCc3ccc(O)c(CCC(C)C)c3)O2)c1Cc1cc[n-]c1. The smallest absolute Gasteiger partial charge is 0.200 e. The van der Waals surface area contributed by atoms with E-state index in [0.717, 1.165) is 36.0 Å². The maximum absolute atomic E-state index is 10.7. The molecule has 7 heteroatoms. The standard InChI is InChI=1S/C30H38NO6/c1-18(2)4-7-21-12-19(6-9-26(21)33)5-8-23-14-22(32)15-28(37-23)24-16-27(34)29(35)30(36-3)25(24)13-20-10-11-31-17-20/h6,9-12,16-18,22-23,28,32-35H,4-5,7-8,13-15H2,1-3H3/q-1/t22-,23+,28+/m1/s1. The summed E-state index contributed by atoms with van der Waals surface area (Å²) in [6.07, 6.45) is 6.93. The lowest BCUT2D eigenvalue weighted by Gasteiger charge is -2.35. The van der Waals surface area contributed by atoms with Gasteiger partial charge in [-0.15, -0.1) is 0 Å². The molecule has 0 radical (unpaired) electrons. The van der Waals surface area contributed by atoms with Crippen molar-refractivity contribution >= 4 is 0 Å². The zero-order valence-electron chi connectivity index (χ0n) is 21.9. The Kier molecular flexibility index (Phi) is 8.67. The number of aromatic hydroxyl groups is 3. The summed E-state index contributed by atoms with van der Waals surface area (Å²) in [7, 11) is 1.46. The summed E-state index contributed by atoms with van der Waals surface area (Å²) in [6, 6.07) is 9.19. The Morgan fingerprint density at radius 3 is 2.54 bits per heavy atom. The van der Waals surface area contributed by atoms with E-state index in [4.69, 9.17) is 9.47 Å². The lowest BCUT2D eigenvalue weighted by Crippen LogP contribution is -2.32. The average Bonchev–Trinajstić information content (AvgIpc) is 3.38.